The second-order valence-corrected chi connectivity index (χ2v) is 3.43. The molecule has 0 radical (unpaired) electrons. The number of carbonyl (C=O) groups is 1. The van der Waals surface area contributed by atoms with Crippen molar-refractivity contribution in [2.75, 3.05) is 5.88 Å². The molecule has 82 valence electrons. The number of hydrogen-bond donors (Lipinski definition) is 0. The summed E-state index contributed by atoms with van der Waals surface area (Å²) in [5.41, 5.74) is -0.667. The molecule has 0 unspecified atom stereocenters. The van der Waals surface area contributed by atoms with Gasteiger partial charge in [0.15, 0.2) is 0 Å². The molecule has 0 heterocycles. The summed E-state index contributed by atoms with van der Waals surface area (Å²) in [6.07, 6.45) is 0. The maximum Gasteiger partial charge on any atom is 0.331 e. The smallest absolute Gasteiger partial charge is 0.291 e. The lowest BCUT2D eigenvalue weighted by Crippen LogP contribution is -2.27. The molecule has 0 saturated heterocycles. The second kappa shape index (κ2) is 4.41. The molecule has 0 fully saturated rings. The molecule has 0 aliphatic carbocycles. The highest BCUT2D eigenvalue weighted by Gasteiger charge is 2.39. The average molecular weight is 257 g/mol. The molecule has 1 aromatic rings. The zero-order chi connectivity index (χ0) is 11.6. The summed E-state index contributed by atoms with van der Waals surface area (Å²) in [4.78, 5) is 10.8. The molecule has 0 spiro atoms. The van der Waals surface area contributed by atoms with Crippen molar-refractivity contribution in [3.63, 3.8) is 0 Å². The van der Waals surface area contributed by atoms with Gasteiger partial charge in [-0.2, -0.15) is 8.78 Å². The van der Waals surface area contributed by atoms with Crippen LogP contribution in [0, 0.1) is 5.82 Å². The topological polar surface area (TPSA) is 17.1 Å². The molecule has 0 aromatic heterocycles. The Morgan fingerprint density at radius 2 is 2.00 bits per heavy atom. The summed E-state index contributed by atoms with van der Waals surface area (Å²) in [5.74, 6) is -6.83. The lowest BCUT2D eigenvalue weighted by Gasteiger charge is -2.14. The van der Waals surface area contributed by atoms with E-state index in [-0.39, 0.29) is 0 Å². The number of rotatable bonds is 3. The summed E-state index contributed by atoms with van der Waals surface area (Å²) in [6.45, 7) is 0. The van der Waals surface area contributed by atoms with Crippen LogP contribution in [0.2, 0.25) is 5.02 Å². The fourth-order valence-corrected chi connectivity index (χ4v) is 1.28. The summed E-state index contributed by atoms with van der Waals surface area (Å²) in [7, 11) is 0. The van der Waals surface area contributed by atoms with Gasteiger partial charge in [-0.3, -0.25) is 4.79 Å². The lowest BCUT2D eigenvalue weighted by molar-refractivity contribution is -0.141. The van der Waals surface area contributed by atoms with Gasteiger partial charge in [-0.15, -0.1) is 11.6 Å². The zero-order valence-electron chi connectivity index (χ0n) is 7.24. The molecule has 0 atom stereocenters. The molecule has 1 aromatic carbocycles. The number of hydrogen-bond acceptors (Lipinski definition) is 1. The first-order chi connectivity index (χ1) is 6.89. The largest absolute Gasteiger partial charge is 0.331 e. The van der Waals surface area contributed by atoms with Gasteiger partial charge in [-0.1, -0.05) is 11.6 Å². The van der Waals surface area contributed by atoms with Gasteiger partial charge < -0.3 is 0 Å². The quantitative estimate of drug-likeness (QED) is 0.758. The maximum absolute atomic E-state index is 13.2. The standard InChI is InChI=1S/C9H5Cl2F3O/c10-4-8(15)9(13,14)5-1-2-7(12)6(11)3-5/h1-3H,4H2. The van der Waals surface area contributed by atoms with E-state index in [0.29, 0.717) is 6.07 Å². The Kier molecular flexibility index (Phi) is 3.62. The van der Waals surface area contributed by atoms with E-state index in [1.165, 1.54) is 0 Å². The molecule has 0 aliphatic heterocycles. The van der Waals surface area contributed by atoms with Crippen molar-refractivity contribution in [3.05, 3.63) is 34.6 Å². The van der Waals surface area contributed by atoms with Crippen LogP contribution in [-0.4, -0.2) is 11.7 Å². The van der Waals surface area contributed by atoms with Gasteiger partial charge in [0, 0.05) is 5.56 Å². The third kappa shape index (κ3) is 2.44. The van der Waals surface area contributed by atoms with Crippen LogP contribution in [-0.2, 0) is 10.7 Å². The van der Waals surface area contributed by atoms with Crippen LogP contribution in [0.4, 0.5) is 13.2 Å². The van der Waals surface area contributed by atoms with Crippen molar-refractivity contribution in [1.82, 2.24) is 0 Å². The number of ketones is 1. The van der Waals surface area contributed by atoms with Crippen molar-refractivity contribution in [1.29, 1.82) is 0 Å². The number of Topliss-reactive ketones (excluding diaryl/α,β-unsaturated/α-hetero) is 1. The van der Waals surface area contributed by atoms with Crippen molar-refractivity contribution < 1.29 is 18.0 Å². The van der Waals surface area contributed by atoms with E-state index in [1.54, 1.807) is 0 Å². The molecular weight excluding hydrogens is 252 g/mol. The fourth-order valence-electron chi connectivity index (χ4n) is 0.936. The van der Waals surface area contributed by atoms with Crippen molar-refractivity contribution >= 4 is 29.0 Å². The zero-order valence-corrected chi connectivity index (χ0v) is 8.75. The average Bonchev–Trinajstić information content (AvgIpc) is 2.20. The van der Waals surface area contributed by atoms with Gasteiger partial charge in [0.1, 0.15) is 5.82 Å². The summed E-state index contributed by atoms with van der Waals surface area (Å²) in [6, 6.07) is 2.28. The molecule has 0 saturated carbocycles. The second-order valence-electron chi connectivity index (χ2n) is 2.76. The summed E-state index contributed by atoms with van der Waals surface area (Å²) >= 11 is 10.3. The predicted molar refractivity (Wildman–Crippen MR) is 51.0 cm³/mol. The molecule has 15 heavy (non-hydrogen) atoms. The van der Waals surface area contributed by atoms with Crippen LogP contribution in [0.25, 0.3) is 0 Å². The molecule has 1 rings (SSSR count). The first-order valence-corrected chi connectivity index (χ1v) is 4.73. The van der Waals surface area contributed by atoms with Crippen LogP contribution in [0.15, 0.2) is 18.2 Å². The minimum absolute atomic E-state index is 0.463. The Morgan fingerprint density at radius 3 is 2.47 bits per heavy atom. The first-order valence-electron chi connectivity index (χ1n) is 3.82. The Balaban J connectivity index is 3.16. The third-order valence-electron chi connectivity index (χ3n) is 1.75. The van der Waals surface area contributed by atoms with E-state index in [2.05, 4.69) is 0 Å². The van der Waals surface area contributed by atoms with Crippen LogP contribution in [0.5, 0.6) is 0 Å². The lowest BCUT2D eigenvalue weighted by atomic mass is 10.1. The Bertz CT molecular complexity index is 393. The molecule has 0 aliphatic rings. The monoisotopic (exact) mass is 256 g/mol. The highest BCUT2D eigenvalue weighted by atomic mass is 35.5. The van der Waals surface area contributed by atoms with E-state index >= 15 is 0 Å². The predicted octanol–water partition coefficient (Wildman–Crippen LogP) is 3.38. The number of halogens is 5. The van der Waals surface area contributed by atoms with Crippen molar-refractivity contribution in [2.45, 2.75) is 5.92 Å². The highest BCUT2D eigenvalue weighted by molar-refractivity contribution is 6.31. The van der Waals surface area contributed by atoms with Gasteiger partial charge in [-0.25, -0.2) is 4.39 Å². The van der Waals surface area contributed by atoms with Gasteiger partial charge in [0.05, 0.1) is 10.9 Å². The summed E-state index contributed by atoms with van der Waals surface area (Å²) < 4.78 is 39.2. The maximum atomic E-state index is 13.2. The van der Waals surface area contributed by atoms with Crippen LogP contribution in [0.3, 0.4) is 0 Å². The molecule has 0 amide bonds. The molecular formula is C9H5Cl2F3O. The SMILES string of the molecule is O=C(CCl)C(F)(F)c1ccc(F)c(Cl)c1. The van der Waals surface area contributed by atoms with E-state index in [4.69, 9.17) is 23.2 Å². The van der Waals surface area contributed by atoms with Gasteiger partial charge >= 0.3 is 5.92 Å². The van der Waals surface area contributed by atoms with Gasteiger partial charge in [0.25, 0.3) is 0 Å². The summed E-state index contributed by atoms with van der Waals surface area (Å²) in [5, 5.41) is -0.463. The Hall–Kier alpha value is -0.740. The van der Waals surface area contributed by atoms with Gasteiger partial charge in [0.2, 0.25) is 5.78 Å². The van der Waals surface area contributed by atoms with Crippen LogP contribution in [0.1, 0.15) is 5.56 Å². The molecule has 0 bridgehead atoms. The Labute approximate surface area is 93.8 Å². The van der Waals surface area contributed by atoms with E-state index in [0.717, 1.165) is 12.1 Å². The highest BCUT2D eigenvalue weighted by Crippen LogP contribution is 2.31. The Morgan fingerprint density at radius 1 is 1.40 bits per heavy atom. The van der Waals surface area contributed by atoms with Gasteiger partial charge in [-0.05, 0) is 18.2 Å². The minimum Gasteiger partial charge on any atom is -0.291 e. The number of benzene rings is 1. The van der Waals surface area contributed by atoms with E-state index in [9.17, 15) is 18.0 Å². The molecule has 0 N–H and O–H groups in total. The minimum atomic E-state index is -3.74. The normalized spacial score (nSPS) is 11.5. The number of alkyl halides is 3. The number of carbonyl (C=O) groups excluding carboxylic acids is 1. The molecule has 1 nitrogen and oxygen atoms in total. The van der Waals surface area contributed by atoms with Crippen molar-refractivity contribution in [2.24, 2.45) is 0 Å². The van der Waals surface area contributed by atoms with Crippen molar-refractivity contribution in [3.8, 4) is 0 Å². The van der Waals surface area contributed by atoms with Crippen LogP contribution < -0.4 is 0 Å². The third-order valence-corrected chi connectivity index (χ3v) is 2.29. The molecule has 6 heteroatoms. The fraction of sp³-hybridized carbons (Fsp3) is 0.222. The van der Waals surface area contributed by atoms with Crippen LogP contribution >= 0.6 is 23.2 Å². The van der Waals surface area contributed by atoms with E-state index in [1.807, 2.05) is 0 Å². The first kappa shape index (κ1) is 12.3. The van der Waals surface area contributed by atoms with E-state index < -0.39 is 34.0 Å².